The highest BCUT2D eigenvalue weighted by atomic mass is 19.1. The van der Waals surface area contributed by atoms with Crippen molar-refractivity contribution in [3.63, 3.8) is 0 Å². The topological polar surface area (TPSA) is 57.8 Å². The summed E-state index contributed by atoms with van der Waals surface area (Å²) in [5.41, 5.74) is -0.138. The molecule has 1 heterocycles. The van der Waals surface area contributed by atoms with Crippen LogP contribution in [0.25, 0.3) is 0 Å². The van der Waals surface area contributed by atoms with Gasteiger partial charge in [0.2, 0.25) is 5.95 Å². The van der Waals surface area contributed by atoms with Gasteiger partial charge >= 0.3 is 0 Å². The summed E-state index contributed by atoms with van der Waals surface area (Å²) in [7, 11) is 0. The summed E-state index contributed by atoms with van der Waals surface area (Å²) < 4.78 is 27.3. The molecule has 0 saturated heterocycles. The quantitative estimate of drug-likeness (QED) is 0.891. The van der Waals surface area contributed by atoms with Gasteiger partial charge in [0, 0.05) is 24.1 Å². The molecule has 2 N–H and O–H groups in total. The zero-order chi connectivity index (χ0) is 15.4. The Morgan fingerprint density at radius 2 is 2.00 bits per heavy atom. The second-order valence-corrected chi connectivity index (χ2v) is 4.92. The minimum Gasteiger partial charge on any atom is -0.353 e. The van der Waals surface area contributed by atoms with Crippen LogP contribution in [-0.4, -0.2) is 16.0 Å². The molecule has 1 aromatic carbocycles. The molecule has 0 saturated carbocycles. The zero-order valence-corrected chi connectivity index (χ0v) is 11.9. The van der Waals surface area contributed by atoms with Crippen LogP contribution in [0.15, 0.2) is 29.1 Å². The van der Waals surface area contributed by atoms with Gasteiger partial charge < -0.3 is 5.32 Å². The molecule has 0 amide bonds. The maximum absolute atomic E-state index is 13.6. The van der Waals surface area contributed by atoms with Crippen LogP contribution in [0.4, 0.5) is 14.7 Å². The summed E-state index contributed by atoms with van der Waals surface area (Å²) >= 11 is 0. The molecule has 21 heavy (non-hydrogen) atoms. The Labute approximate surface area is 121 Å². The standard InChI is InChI=1S/C15H17F2N3O/c1-3-9(2)18-15-19-10(8-14(21)20-15)7-11-12(16)5-4-6-13(11)17/h4-6,8-9H,3,7H2,1-2H3,(H2,18,19,20,21). The number of hydrogen-bond donors (Lipinski definition) is 2. The van der Waals surface area contributed by atoms with Crippen LogP contribution in [0.1, 0.15) is 31.5 Å². The summed E-state index contributed by atoms with van der Waals surface area (Å²) in [5.74, 6) is -0.981. The first-order valence-electron chi connectivity index (χ1n) is 6.79. The summed E-state index contributed by atoms with van der Waals surface area (Å²) in [6, 6.07) is 5.05. The summed E-state index contributed by atoms with van der Waals surface area (Å²) in [5, 5.41) is 3.03. The van der Waals surface area contributed by atoms with Crippen LogP contribution in [0.5, 0.6) is 0 Å². The van der Waals surface area contributed by atoms with Gasteiger partial charge in [0.1, 0.15) is 11.6 Å². The average Bonchev–Trinajstić information content (AvgIpc) is 2.42. The van der Waals surface area contributed by atoms with E-state index >= 15 is 0 Å². The molecule has 0 aliphatic heterocycles. The van der Waals surface area contributed by atoms with Gasteiger partial charge in [-0.1, -0.05) is 13.0 Å². The van der Waals surface area contributed by atoms with Crippen molar-refractivity contribution >= 4 is 5.95 Å². The van der Waals surface area contributed by atoms with Gasteiger partial charge in [-0.3, -0.25) is 9.78 Å². The van der Waals surface area contributed by atoms with Crippen LogP contribution in [0.2, 0.25) is 0 Å². The van der Waals surface area contributed by atoms with Gasteiger partial charge in [0.25, 0.3) is 5.56 Å². The lowest BCUT2D eigenvalue weighted by Gasteiger charge is -2.12. The number of H-pyrrole nitrogens is 1. The number of benzene rings is 1. The molecular weight excluding hydrogens is 276 g/mol. The van der Waals surface area contributed by atoms with Crippen molar-refractivity contribution < 1.29 is 8.78 Å². The minimum atomic E-state index is -0.645. The van der Waals surface area contributed by atoms with Crippen molar-refractivity contribution in [2.75, 3.05) is 5.32 Å². The first-order valence-corrected chi connectivity index (χ1v) is 6.79. The molecule has 112 valence electrons. The van der Waals surface area contributed by atoms with E-state index in [1.165, 1.54) is 24.3 Å². The number of nitrogens with zero attached hydrogens (tertiary/aromatic N) is 1. The molecule has 1 atom stereocenters. The Morgan fingerprint density at radius 3 is 2.62 bits per heavy atom. The molecule has 6 heteroatoms. The molecule has 1 aromatic heterocycles. The predicted octanol–water partition coefficient (Wildman–Crippen LogP) is 2.85. The number of aromatic nitrogens is 2. The number of hydrogen-bond acceptors (Lipinski definition) is 3. The highest BCUT2D eigenvalue weighted by Crippen LogP contribution is 2.16. The molecular formula is C15H17F2N3O. The lowest BCUT2D eigenvalue weighted by atomic mass is 10.1. The second-order valence-electron chi connectivity index (χ2n) is 4.92. The van der Waals surface area contributed by atoms with Gasteiger partial charge in [0.15, 0.2) is 0 Å². The Hall–Kier alpha value is -2.24. The van der Waals surface area contributed by atoms with Gasteiger partial charge in [0.05, 0.1) is 5.69 Å². The van der Waals surface area contributed by atoms with E-state index in [9.17, 15) is 13.6 Å². The highest BCUT2D eigenvalue weighted by molar-refractivity contribution is 5.30. The smallest absolute Gasteiger partial charge is 0.252 e. The first-order chi connectivity index (χ1) is 9.99. The Morgan fingerprint density at radius 1 is 1.33 bits per heavy atom. The maximum Gasteiger partial charge on any atom is 0.252 e. The maximum atomic E-state index is 13.6. The summed E-state index contributed by atoms with van der Waals surface area (Å²) in [4.78, 5) is 18.4. The molecule has 4 nitrogen and oxygen atoms in total. The first kappa shape index (κ1) is 15.2. The fourth-order valence-electron chi connectivity index (χ4n) is 1.88. The Kier molecular flexibility index (Phi) is 4.67. The number of rotatable bonds is 5. The third-order valence-electron chi connectivity index (χ3n) is 3.21. The number of aromatic amines is 1. The third kappa shape index (κ3) is 3.87. The van der Waals surface area contributed by atoms with Crippen LogP contribution < -0.4 is 10.9 Å². The van der Waals surface area contributed by atoms with Crippen molar-refractivity contribution in [3.05, 3.63) is 57.5 Å². The Balaban J connectivity index is 2.30. The largest absolute Gasteiger partial charge is 0.353 e. The van der Waals surface area contributed by atoms with E-state index in [1.807, 2.05) is 13.8 Å². The normalized spacial score (nSPS) is 12.2. The van der Waals surface area contributed by atoms with Gasteiger partial charge in [-0.05, 0) is 25.5 Å². The van der Waals surface area contributed by atoms with Crippen molar-refractivity contribution in [3.8, 4) is 0 Å². The van der Waals surface area contributed by atoms with E-state index in [4.69, 9.17) is 0 Å². The fraction of sp³-hybridized carbons (Fsp3) is 0.333. The van der Waals surface area contributed by atoms with E-state index in [-0.39, 0.29) is 23.6 Å². The SMILES string of the molecule is CCC(C)Nc1nc(Cc2c(F)cccc2F)cc(=O)[nH]1. The van der Waals surface area contributed by atoms with E-state index < -0.39 is 11.6 Å². The summed E-state index contributed by atoms with van der Waals surface area (Å²) in [6.07, 6.45) is 0.785. The molecule has 0 radical (unpaired) electrons. The molecule has 0 aliphatic rings. The van der Waals surface area contributed by atoms with Crippen molar-refractivity contribution in [2.24, 2.45) is 0 Å². The molecule has 0 aliphatic carbocycles. The summed E-state index contributed by atoms with van der Waals surface area (Å²) in [6.45, 7) is 3.94. The van der Waals surface area contributed by atoms with Crippen molar-refractivity contribution in [1.29, 1.82) is 0 Å². The van der Waals surface area contributed by atoms with Gasteiger partial charge in [-0.15, -0.1) is 0 Å². The number of anilines is 1. The molecule has 0 fully saturated rings. The van der Waals surface area contributed by atoms with Crippen LogP contribution in [0.3, 0.4) is 0 Å². The fourth-order valence-corrected chi connectivity index (χ4v) is 1.88. The lowest BCUT2D eigenvalue weighted by Crippen LogP contribution is -2.20. The second kappa shape index (κ2) is 6.47. The molecule has 1 unspecified atom stereocenters. The van der Waals surface area contributed by atoms with Gasteiger partial charge in [-0.25, -0.2) is 13.8 Å². The van der Waals surface area contributed by atoms with Crippen LogP contribution in [-0.2, 0) is 6.42 Å². The van der Waals surface area contributed by atoms with E-state index in [0.29, 0.717) is 11.6 Å². The van der Waals surface area contributed by atoms with Crippen LogP contribution >= 0.6 is 0 Å². The van der Waals surface area contributed by atoms with Crippen molar-refractivity contribution in [2.45, 2.75) is 32.7 Å². The highest BCUT2D eigenvalue weighted by Gasteiger charge is 2.11. The minimum absolute atomic E-state index is 0.0718. The molecule has 0 spiro atoms. The number of halogens is 2. The van der Waals surface area contributed by atoms with E-state index in [1.54, 1.807) is 0 Å². The third-order valence-corrected chi connectivity index (χ3v) is 3.21. The zero-order valence-electron chi connectivity index (χ0n) is 11.9. The number of nitrogens with one attached hydrogen (secondary N) is 2. The molecule has 0 bridgehead atoms. The monoisotopic (exact) mass is 293 g/mol. The predicted molar refractivity (Wildman–Crippen MR) is 77.4 cm³/mol. The van der Waals surface area contributed by atoms with E-state index in [0.717, 1.165) is 6.42 Å². The molecule has 2 aromatic rings. The van der Waals surface area contributed by atoms with Crippen molar-refractivity contribution in [1.82, 2.24) is 9.97 Å². The van der Waals surface area contributed by atoms with E-state index in [2.05, 4.69) is 15.3 Å². The van der Waals surface area contributed by atoms with Gasteiger partial charge in [-0.2, -0.15) is 0 Å². The lowest BCUT2D eigenvalue weighted by molar-refractivity contribution is 0.560. The Bertz CT molecular complexity index is 665. The average molecular weight is 293 g/mol. The van der Waals surface area contributed by atoms with Crippen LogP contribution in [0, 0.1) is 11.6 Å². The molecule has 2 rings (SSSR count).